The third-order valence-electron chi connectivity index (χ3n) is 3.81. The van der Waals surface area contributed by atoms with Gasteiger partial charge in [0.1, 0.15) is 0 Å². The lowest BCUT2D eigenvalue weighted by molar-refractivity contribution is -0.115. The summed E-state index contributed by atoms with van der Waals surface area (Å²) in [6.45, 7) is 9.84. The van der Waals surface area contributed by atoms with E-state index in [1.165, 1.54) is 5.56 Å². The standard InChI is InChI=1S/C17H24N4O3S2/c1-6-14(22)18-15-19-20-16(25-15)26(23,24)21-11(2)12-7-9-13(10-8-12)17(3,4)5/h7-11,21H,6H2,1-5H3,(H,18,19,22)/t11-/m1/s1. The SMILES string of the molecule is CCC(=O)Nc1nnc(S(=O)(=O)N[C@H](C)c2ccc(C(C)(C)C)cc2)s1. The summed E-state index contributed by atoms with van der Waals surface area (Å²) in [5.74, 6) is -0.245. The van der Waals surface area contributed by atoms with Crippen molar-refractivity contribution < 1.29 is 13.2 Å². The average Bonchev–Trinajstić information content (AvgIpc) is 3.03. The van der Waals surface area contributed by atoms with Crippen LogP contribution in [0.15, 0.2) is 28.6 Å². The number of carbonyl (C=O) groups is 1. The number of anilines is 1. The van der Waals surface area contributed by atoms with Gasteiger partial charge < -0.3 is 5.32 Å². The number of benzene rings is 1. The lowest BCUT2D eigenvalue weighted by Gasteiger charge is -2.20. The number of nitrogens with zero attached hydrogens (tertiary/aromatic N) is 2. The Kier molecular flexibility index (Phi) is 6.15. The zero-order valence-corrected chi connectivity index (χ0v) is 17.2. The molecule has 2 N–H and O–H groups in total. The van der Waals surface area contributed by atoms with Crippen molar-refractivity contribution in [3.05, 3.63) is 35.4 Å². The molecule has 0 saturated carbocycles. The van der Waals surface area contributed by atoms with Crippen LogP contribution in [0.2, 0.25) is 0 Å². The van der Waals surface area contributed by atoms with Gasteiger partial charge >= 0.3 is 0 Å². The number of nitrogens with one attached hydrogen (secondary N) is 2. The maximum absolute atomic E-state index is 12.5. The van der Waals surface area contributed by atoms with Crippen molar-refractivity contribution in [2.45, 2.75) is 56.8 Å². The molecule has 0 radical (unpaired) electrons. The molecule has 0 aliphatic carbocycles. The molecule has 1 aromatic heterocycles. The highest BCUT2D eigenvalue weighted by Crippen LogP contribution is 2.25. The summed E-state index contributed by atoms with van der Waals surface area (Å²) in [6.07, 6.45) is 0.279. The topological polar surface area (TPSA) is 101 Å². The number of hydrogen-bond donors (Lipinski definition) is 2. The molecule has 0 aliphatic rings. The van der Waals surface area contributed by atoms with Gasteiger partial charge in [0.25, 0.3) is 10.0 Å². The molecule has 7 nitrogen and oxygen atoms in total. The van der Waals surface area contributed by atoms with Crippen LogP contribution in [0.4, 0.5) is 5.13 Å². The highest BCUT2D eigenvalue weighted by atomic mass is 32.2. The van der Waals surface area contributed by atoms with Gasteiger partial charge in [-0.2, -0.15) is 0 Å². The number of sulfonamides is 1. The second-order valence-electron chi connectivity index (χ2n) is 6.99. The molecule has 142 valence electrons. The van der Waals surface area contributed by atoms with Gasteiger partial charge in [0, 0.05) is 12.5 Å². The van der Waals surface area contributed by atoms with E-state index >= 15 is 0 Å². The maximum Gasteiger partial charge on any atom is 0.270 e. The predicted molar refractivity (Wildman–Crippen MR) is 103 cm³/mol. The predicted octanol–water partition coefficient (Wildman–Crippen LogP) is 3.22. The van der Waals surface area contributed by atoms with Crippen LogP contribution in [0.3, 0.4) is 0 Å². The van der Waals surface area contributed by atoms with E-state index < -0.39 is 16.1 Å². The van der Waals surface area contributed by atoms with Crippen LogP contribution in [0.5, 0.6) is 0 Å². The summed E-state index contributed by atoms with van der Waals surface area (Å²) >= 11 is 0.822. The van der Waals surface area contributed by atoms with Crippen LogP contribution in [0, 0.1) is 0 Å². The fraction of sp³-hybridized carbons (Fsp3) is 0.471. The Balaban J connectivity index is 2.12. The molecule has 0 saturated heterocycles. The lowest BCUT2D eigenvalue weighted by atomic mass is 9.86. The van der Waals surface area contributed by atoms with Crippen molar-refractivity contribution in [1.82, 2.24) is 14.9 Å². The monoisotopic (exact) mass is 396 g/mol. The van der Waals surface area contributed by atoms with Gasteiger partial charge in [0.2, 0.25) is 15.4 Å². The van der Waals surface area contributed by atoms with E-state index in [1.807, 2.05) is 24.3 Å². The van der Waals surface area contributed by atoms with Gasteiger partial charge in [-0.05, 0) is 23.5 Å². The first-order chi connectivity index (χ1) is 12.0. The van der Waals surface area contributed by atoms with E-state index in [0.29, 0.717) is 0 Å². The Hall–Kier alpha value is -1.84. The molecule has 0 fully saturated rings. The molecule has 0 aliphatic heterocycles. The third-order valence-corrected chi connectivity index (χ3v) is 6.56. The molecule has 1 aromatic carbocycles. The maximum atomic E-state index is 12.5. The number of hydrogen-bond acceptors (Lipinski definition) is 6. The minimum absolute atomic E-state index is 0.0349. The van der Waals surface area contributed by atoms with Crippen LogP contribution in [0.25, 0.3) is 0 Å². The van der Waals surface area contributed by atoms with Gasteiger partial charge in [0.05, 0.1) is 0 Å². The molecular weight excluding hydrogens is 372 g/mol. The van der Waals surface area contributed by atoms with Crippen molar-refractivity contribution in [1.29, 1.82) is 0 Å². The van der Waals surface area contributed by atoms with E-state index in [1.54, 1.807) is 13.8 Å². The van der Waals surface area contributed by atoms with Crippen LogP contribution in [0.1, 0.15) is 58.2 Å². The van der Waals surface area contributed by atoms with E-state index in [0.717, 1.165) is 16.9 Å². The number of aromatic nitrogens is 2. The molecule has 0 unspecified atom stereocenters. The minimum atomic E-state index is -3.82. The first-order valence-electron chi connectivity index (χ1n) is 8.29. The number of amides is 1. The smallest absolute Gasteiger partial charge is 0.270 e. The van der Waals surface area contributed by atoms with Crippen LogP contribution in [-0.4, -0.2) is 24.5 Å². The Morgan fingerprint density at radius 1 is 1.19 bits per heavy atom. The molecule has 2 aromatic rings. The Bertz CT molecular complexity index is 868. The zero-order chi connectivity index (χ0) is 19.5. The third kappa shape index (κ3) is 5.09. The highest BCUT2D eigenvalue weighted by Gasteiger charge is 2.24. The van der Waals surface area contributed by atoms with E-state index in [-0.39, 0.29) is 27.2 Å². The summed E-state index contributed by atoms with van der Waals surface area (Å²) < 4.78 is 27.4. The quantitative estimate of drug-likeness (QED) is 0.730. The van der Waals surface area contributed by atoms with Crippen LogP contribution in [-0.2, 0) is 20.2 Å². The molecular formula is C17H24N4O3S2. The summed E-state index contributed by atoms with van der Waals surface area (Å²) in [5, 5.41) is 10.0. The molecule has 26 heavy (non-hydrogen) atoms. The fourth-order valence-electron chi connectivity index (χ4n) is 2.20. The summed E-state index contributed by atoms with van der Waals surface area (Å²) in [5.41, 5.74) is 2.06. The molecule has 0 spiro atoms. The molecule has 9 heteroatoms. The van der Waals surface area contributed by atoms with Crippen molar-refractivity contribution in [3.63, 3.8) is 0 Å². The van der Waals surface area contributed by atoms with Gasteiger partial charge in [-0.25, -0.2) is 13.1 Å². The Morgan fingerprint density at radius 3 is 2.35 bits per heavy atom. The highest BCUT2D eigenvalue weighted by molar-refractivity contribution is 7.91. The molecule has 0 bridgehead atoms. The average molecular weight is 397 g/mol. The lowest BCUT2D eigenvalue weighted by Crippen LogP contribution is -2.27. The van der Waals surface area contributed by atoms with Gasteiger partial charge in [-0.15, -0.1) is 10.2 Å². The second-order valence-corrected chi connectivity index (χ2v) is 9.86. The normalized spacial score (nSPS) is 13.4. The summed E-state index contributed by atoms with van der Waals surface area (Å²) in [6, 6.07) is 7.42. The molecule has 1 amide bonds. The van der Waals surface area contributed by atoms with Gasteiger partial charge in [-0.3, -0.25) is 4.79 Å². The first-order valence-corrected chi connectivity index (χ1v) is 10.6. The van der Waals surface area contributed by atoms with Gasteiger partial charge in [-0.1, -0.05) is 63.3 Å². The molecule has 1 heterocycles. The van der Waals surface area contributed by atoms with Gasteiger partial charge in [0.15, 0.2) is 0 Å². The first kappa shape index (κ1) is 20.5. The van der Waals surface area contributed by atoms with Crippen LogP contribution >= 0.6 is 11.3 Å². The van der Waals surface area contributed by atoms with Crippen molar-refractivity contribution in [2.75, 3.05) is 5.32 Å². The van der Waals surface area contributed by atoms with E-state index in [4.69, 9.17) is 0 Å². The minimum Gasteiger partial charge on any atom is -0.301 e. The van der Waals surface area contributed by atoms with E-state index in [2.05, 4.69) is 41.0 Å². The zero-order valence-electron chi connectivity index (χ0n) is 15.5. The van der Waals surface area contributed by atoms with Crippen molar-refractivity contribution >= 4 is 32.4 Å². The number of carbonyl (C=O) groups excluding carboxylic acids is 1. The van der Waals surface area contributed by atoms with Crippen LogP contribution < -0.4 is 10.0 Å². The Morgan fingerprint density at radius 2 is 1.81 bits per heavy atom. The fourth-order valence-corrected chi connectivity index (χ4v) is 4.36. The van der Waals surface area contributed by atoms with E-state index in [9.17, 15) is 13.2 Å². The summed E-state index contributed by atoms with van der Waals surface area (Å²) in [7, 11) is -3.82. The molecule has 1 atom stereocenters. The number of rotatable bonds is 6. The second kappa shape index (κ2) is 7.81. The summed E-state index contributed by atoms with van der Waals surface area (Å²) in [4.78, 5) is 11.4. The van der Waals surface area contributed by atoms with Crippen molar-refractivity contribution in [2.24, 2.45) is 0 Å². The molecule has 2 rings (SSSR count). The van der Waals surface area contributed by atoms with Crippen molar-refractivity contribution in [3.8, 4) is 0 Å². The largest absolute Gasteiger partial charge is 0.301 e. The Labute approximate surface area is 158 Å².